The molecule has 14 heavy (non-hydrogen) atoms. The molecule has 4 heteroatoms. The molecule has 0 spiro atoms. The molecule has 0 aliphatic rings. The largest absolute Gasteiger partial charge is 0.226 e. The summed E-state index contributed by atoms with van der Waals surface area (Å²) >= 11 is 8.89. The van der Waals surface area contributed by atoms with Crippen molar-refractivity contribution in [3.05, 3.63) is 46.4 Å². The number of hydrogen-bond acceptors (Lipinski definition) is 2. The van der Waals surface area contributed by atoms with Crippen LogP contribution >= 0.6 is 27.5 Å². The van der Waals surface area contributed by atoms with E-state index >= 15 is 0 Å². The number of benzene rings is 1. The molecule has 70 valence electrons. The second-order valence-corrected chi connectivity index (χ2v) is 3.85. The number of rotatable bonds is 1. The zero-order chi connectivity index (χ0) is 11.7. The summed E-state index contributed by atoms with van der Waals surface area (Å²) in [7, 11) is 0. The van der Waals surface area contributed by atoms with Crippen molar-refractivity contribution in [1.29, 1.82) is 0 Å². The monoisotopic (exact) mass is 270 g/mol. The Hall–Kier alpha value is -0.930. The summed E-state index contributed by atoms with van der Waals surface area (Å²) in [5, 5.41) is -0.0733. The maximum Gasteiger partial charge on any atom is 0.222 e. The summed E-state index contributed by atoms with van der Waals surface area (Å²) < 4.78 is 16.3. The Bertz CT molecular complexity index is 508. The minimum atomic E-state index is -0.0733. The van der Waals surface area contributed by atoms with E-state index in [9.17, 15) is 0 Å². The summed E-state index contributed by atoms with van der Waals surface area (Å²) in [5.74, 6) is 0. The maximum atomic E-state index is 7.68. The van der Waals surface area contributed by atoms with Gasteiger partial charge < -0.3 is 0 Å². The highest BCUT2D eigenvalue weighted by Gasteiger charge is 1.98. The van der Waals surface area contributed by atoms with Crippen molar-refractivity contribution >= 4 is 27.5 Å². The molecule has 1 aromatic heterocycles. The van der Waals surface area contributed by atoms with E-state index in [4.69, 9.17) is 14.3 Å². The van der Waals surface area contributed by atoms with Gasteiger partial charge in [0, 0.05) is 22.4 Å². The summed E-state index contributed by atoms with van der Waals surface area (Å²) in [5.41, 5.74) is 1.12. The Kier molecular flexibility index (Phi) is 2.14. The molecule has 0 atom stereocenters. The standard InChI is InChI=1S/C10H6BrClN2/c11-9-3-1-7(2-4-9)8-5-13-10(12)14-6-8/h1-6H/i5D,6D. The van der Waals surface area contributed by atoms with Gasteiger partial charge in [-0.25, -0.2) is 9.97 Å². The Morgan fingerprint density at radius 2 is 1.64 bits per heavy atom. The summed E-state index contributed by atoms with van der Waals surface area (Å²) in [6.07, 6.45) is -0.0698. The predicted molar refractivity (Wildman–Crippen MR) is 60.2 cm³/mol. The van der Waals surface area contributed by atoms with Crippen LogP contribution in [-0.2, 0) is 0 Å². The van der Waals surface area contributed by atoms with Gasteiger partial charge >= 0.3 is 0 Å². The van der Waals surface area contributed by atoms with Crippen molar-refractivity contribution in [2.24, 2.45) is 0 Å². The minimum absolute atomic E-state index is 0.0349. The number of nitrogens with zero attached hydrogens (tertiary/aromatic N) is 2. The molecule has 0 aliphatic carbocycles. The molecule has 0 N–H and O–H groups in total. The third-order valence-electron chi connectivity index (χ3n) is 1.65. The van der Waals surface area contributed by atoms with E-state index in [-0.39, 0.29) is 17.6 Å². The van der Waals surface area contributed by atoms with Crippen LogP contribution in [0.15, 0.2) is 41.1 Å². The highest BCUT2D eigenvalue weighted by atomic mass is 79.9. The molecule has 0 saturated heterocycles. The van der Waals surface area contributed by atoms with Crippen LogP contribution in [0.2, 0.25) is 5.28 Å². The molecular formula is C10H6BrClN2. The molecule has 0 amide bonds. The van der Waals surface area contributed by atoms with Gasteiger partial charge in [0.15, 0.2) is 0 Å². The molecular weight excluding hydrogens is 263 g/mol. The smallest absolute Gasteiger partial charge is 0.222 e. The van der Waals surface area contributed by atoms with Gasteiger partial charge in [-0.15, -0.1) is 0 Å². The average Bonchev–Trinajstić information content (AvgIpc) is 2.19. The van der Waals surface area contributed by atoms with Crippen molar-refractivity contribution in [1.82, 2.24) is 9.97 Å². The molecule has 0 fully saturated rings. The molecule has 0 bridgehead atoms. The average molecular weight is 272 g/mol. The molecule has 0 saturated carbocycles. The lowest BCUT2D eigenvalue weighted by atomic mass is 10.1. The van der Waals surface area contributed by atoms with E-state index in [0.717, 1.165) is 10.0 Å². The first-order valence-corrected chi connectivity index (χ1v) is 5.01. The van der Waals surface area contributed by atoms with Crippen LogP contribution in [0.4, 0.5) is 0 Å². The number of hydrogen-bond donors (Lipinski definition) is 0. The second-order valence-electron chi connectivity index (χ2n) is 2.60. The molecule has 0 unspecified atom stereocenters. The highest BCUT2D eigenvalue weighted by Crippen LogP contribution is 2.20. The Morgan fingerprint density at radius 3 is 2.21 bits per heavy atom. The molecule has 0 aliphatic heterocycles. The summed E-state index contributed by atoms with van der Waals surface area (Å²) in [4.78, 5) is 7.44. The van der Waals surface area contributed by atoms with Crippen LogP contribution in [-0.4, -0.2) is 9.97 Å². The van der Waals surface area contributed by atoms with E-state index in [1.54, 1.807) is 12.1 Å². The van der Waals surface area contributed by atoms with Gasteiger partial charge in [0.05, 0.1) is 2.74 Å². The van der Waals surface area contributed by atoms with Gasteiger partial charge in [-0.05, 0) is 29.3 Å². The van der Waals surface area contributed by atoms with Crippen molar-refractivity contribution < 1.29 is 2.74 Å². The molecule has 1 heterocycles. The summed E-state index contributed by atoms with van der Waals surface area (Å²) in [6.45, 7) is 0. The Balaban J connectivity index is 2.60. The molecule has 2 rings (SSSR count). The molecule has 2 nitrogen and oxygen atoms in total. The third-order valence-corrected chi connectivity index (χ3v) is 2.35. The van der Waals surface area contributed by atoms with Crippen LogP contribution in [0, 0.1) is 0 Å². The second kappa shape index (κ2) is 4.07. The quantitative estimate of drug-likeness (QED) is 0.741. The van der Waals surface area contributed by atoms with Crippen molar-refractivity contribution in [2.45, 2.75) is 0 Å². The SMILES string of the molecule is [2H]c1nc(Cl)nc([2H])c1-c1ccc(Br)cc1. The van der Waals surface area contributed by atoms with Crippen LogP contribution < -0.4 is 0 Å². The third kappa shape index (κ3) is 2.11. The van der Waals surface area contributed by atoms with Gasteiger partial charge in [0.1, 0.15) is 0 Å². The molecule has 1 aromatic carbocycles. The fourth-order valence-electron chi connectivity index (χ4n) is 1.000. The highest BCUT2D eigenvalue weighted by molar-refractivity contribution is 9.10. The first kappa shape index (κ1) is 7.37. The van der Waals surface area contributed by atoms with Gasteiger partial charge in [-0.2, -0.15) is 0 Å². The Morgan fingerprint density at radius 1 is 1.07 bits per heavy atom. The normalized spacial score (nSPS) is 12.1. The van der Waals surface area contributed by atoms with Crippen molar-refractivity contribution in [3.63, 3.8) is 0 Å². The van der Waals surface area contributed by atoms with E-state index < -0.39 is 0 Å². The fraction of sp³-hybridized carbons (Fsp3) is 0. The van der Waals surface area contributed by atoms with Gasteiger partial charge in [0.2, 0.25) is 5.28 Å². The van der Waals surface area contributed by atoms with Gasteiger partial charge in [-0.3, -0.25) is 0 Å². The van der Waals surface area contributed by atoms with Crippen molar-refractivity contribution in [2.75, 3.05) is 0 Å². The maximum absolute atomic E-state index is 7.68. The Labute approximate surface area is 97.9 Å². The van der Waals surface area contributed by atoms with Gasteiger partial charge in [-0.1, -0.05) is 28.1 Å². The zero-order valence-electron chi connectivity index (χ0n) is 8.96. The fourth-order valence-corrected chi connectivity index (χ4v) is 1.35. The number of aromatic nitrogens is 2. The van der Waals surface area contributed by atoms with Crippen LogP contribution in [0.25, 0.3) is 11.1 Å². The van der Waals surface area contributed by atoms with Gasteiger partial charge in [0.25, 0.3) is 0 Å². The van der Waals surface area contributed by atoms with Crippen molar-refractivity contribution in [3.8, 4) is 11.1 Å². The van der Waals surface area contributed by atoms with E-state index in [0.29, 0.717) is 5.56 Å². The lowest BCUT2D eigenvalue weighted by Crippen LogP contribution is -1.83. The zero-order valence-corrected chi connectivity index (χ0v) is 9.30. The molecule has 0 radical (unpaired) electrons. The first-order valence-electron chi connectivity index (χ1n) is 4.84. The topological polar surface area (TPSA) is 25.8 Å². The minimum Gasteiger partial charge on any atom is -0.226 e. The van der Waals surface area contributed by atoms with E-state index in [1.165, 1.54) is 0 Å². The van der Waals surface area contributed by atoms with Crippen LogP contribution in [0.5, 0.6) is 0 Å². The van der Waals surface area contributed by atoms with E-state index in [2.05, 4.69) is 25.9 Å². The predicted octanol–water partition coefficient (Wildman–Crippen LogP) is 3.56. The van der Waals surface area contributed by atoms with Crippen LogP contribution in [0.3, 0.4) is 0 Å². The van der Waals surface area contributed by atoms with E-state index in [1.807, 2.05) is 12.1 Å². The number of halogens is 2. The summed E-state index contributed by atoms with van der Waals surface area (Å²) in [6, 6.07) is 7.27. The molecule has 2 aromatic rings. The lowest BCUT2D eigenvalue weighted by Gasteiger charge is -1.99. The first-order chi connectivity index (χ1) is 7.58. The van der Waals surface area contributed by atoms with Crippen LogP contribution in [0.1, 0.15) is 2.74 Å². The lowest BCUT2D eigenvalue weighted by molar-refractivity contribution is 1.17.